The number of nitrogens with two attached hydrogens (primary N) is 2. The molecule has 2 rings (SSSR count). The highest BCUT2D eigenvalue weighted by Crippen LogP contribution is 2.28. The molecule has 1 saturated carbocycles. The fourth-order valence-corrected chi connectivity index (χ4v) is 2.42. The molecule has 0 saturated heterocycles. The van der Waals surface area contributed by atoms with Crippen molar-refractivity contribution in [1.29, 1.82) is 0 Å². The number of methoxy groups -OCH3 is 1. The predicted molar refractivity (Wildman–Crippen MR) is 67.3 cm³/mol. The van der Waals surface area contributed by atoms with Gasteiger partial charge >= 0.3 is 0 Å². The summed E-state index contributed by atoms with van der Waals surface area (Å²) in [6, 6.07) is 0. The molecule has 4 N–H and O–H groups in total. The van der Waals surface area contributed by atoms with E-state index in [9.17, 15) is 0 Å². The molecule has 1 fully saturated rings. The van der Waals surface area contributed by atoms with E-state index >= 15 is 0 Å². The molecule has 0 unspecified atom stereocenters. The molecule has 5 nitrogen and oxygen atoms in total. The summed E-state index contributed by atoms with van der Waals surface area (Å²) in [6.45, 7) is 0. The Kier molecular flexibility index (Phi) is 3.78. The third-order valence-corrected chi connectivity index (χ3v) is 3.50. The van der Waals surface area contributed by atoms with Crippen LogP contribution in [0.25, 0.3) is 0 Å². The standard InChI is InChI=1S/C12H20N4O/c1-17-10-4-2-8(3-5-10)6-9-7-15-11(13)12(14)16-9/h7-8,10H,2-6H2,1H3,(H2,13,15)(H2,14,16). The van der Waals surface area contributed by atoms with Crippen molar-refractivity contribution in [3.63, 3.8) is 0 Å². The first-order valence-corrected chi connectivity index (χ1v) is 6.08. The molecule has 0 bridgehead atoms. The lowest BCUT2D eigenvalue weighted by atomic mass is 9.84. The first kappa shape index (κ1) is 12.1. The summed E-state index contributed by atoms with van der Waals surface area (Å²) in [6.07, 6.45) is 7.75. The van der Waals surface area contributed by atoms with Gasteiger partial charge in [0.2, 0.25) is 0 Å². The molecule has 1 aliphatic rings. The Balaban J connectivity index is 1.91. The maximum atomic E-state index is 5.65. The molecule has 0 amide bonds. The minimum atomic E-state index is 0.317. The first-order valence-electron chi connectivity index (χ1n) is 6.08. The van der Waals surface area contributed by atoms with Crippen LogP contribution in [0.3, 0.4) is 0 Å². The zero-order valence-electron chi connectivity index (χ0n) is 10.2. The molecule has 94 valence electrons. The number of anilines is 2. The van der Waals surface area contributed by atoms with Crippen LogP contribution in [-0.2, 0) is 11.2 Å². The van der Waals surface area contributed by atoms with Gasteiger partial charge in [-0.25, -0.2) is 9.97 Å². The van der Waals surface area contributed by atoms with Crippen LogP contribution in [0.2, 0.25) is 0 Å². The molecular weight excluding hydrogens is 216 g/mol. The van der Waals surface area contributed by atoms with Gasteiger partial charge in [0.15, 0.2) is 11.6 Å². The molecule has 17 heavy (non-hydrogen) atoms. The van der Waals surface area contributed by atoms with Gasteiger partial charge in [-0.3, -0.25) is 0 Å². The van der Waals surface area contributed by atoms with Gasteiger partial charge in [0.1, 0.15) is 0 Å². The van der Waals surface area contributed by atoms with Gasteiger partial charge in [0.25, 0.3) is 0 Å². The second-order valence-electron chi connectivity index (χ2n) is 4.71. The van der Waals surface area contributed by atoms with Gasteiger partial charge in [-0.2, -0.15) is 0 Å². The number of hydrogen-bond acceptors (Lipinski definition) is 5. The van der Waals surface area contributed by atoms with Crippen molar-refractivity contribution in [3.8, 4) is 0 Å². The van der Waals surface area contributed by atoms with Crippen LogP contribution in [0.5, 0.6) is 0 Å². The van der Waals surface area contributed by atoms with Crippen molar-refractivity contribution < 1.29 is 4.74 Å². The zero-order chi connectivity index (χ0) is 12.3. The molecule has 1 heterocycles. The van der Waals surface area contributed by atoms with Crippen molar-refractivity contribution in [2.75, 3.05) is 18.6 Å². The van der Waals surface area contributed by atoms with E-state index in [0.717, 1.165) is 25.0 Å². The van der Waals surface area contributed by atoms with Crippen LogP contribution >= 0.6 is 0 Å². The minimum Gasteiger partial charge on any atom is -0.381 e. The van der Waals surface area contributed by atoms with E-state index in [1.54, 1.807) is 13.3 Å². The second-order valence-corrected chi connectivity index (χ2v) is 4.71. The maximum absolute atomic E-state index is 5.65. The van der Waals surface area contributed by atoms with Crippen molar-refractivity contribution in [3.05, 3.63) is 11.9 Å². The highest BCUT2D eigenvalue weighted by Gasteiger charge is 2.21. The van der Waals surface area contributed by atoms with E-state index in [2.05, 4.69) is 9.97 Å². The Morgan fingerprint density at radius 3 is 2.53 bits per heavy atom. The SMILES string of the molecule is COC1CCC(Cc2cnc(N)c(N)n2)CC1. The van der Waals surface area contributed by atoms with Crippen molar-refractivity contribution in [2.24, 2.45) is 5.92 Å². The fourth-order valence-electron chi connectivity index (χ4n) is 2.42. The van der Waals surface area contributed by atoms with Gasteiger partial charge in [-0.05, 0) is 38.0 Å². The third-order valence-electron chi connectivity index (χ3n) is 3.50. The topological polar surface area (TPSA) is 87.0 Å². The molecule has 0 radical (unpaired) electrons. The highest BCUT2D eigenvalue weighted by molar-refractivity contribution is 5.51. The summed E-state index contributed by atoms with van der Waals surface area (Å²) in [4.78, 5) is 8.31. The smallest absolute Gasteiger partial charge is 0.166 e. The minimum absolute atomic E-state index is 0.317. The van der Waals surface area contributed by atoms with Gasteiger partial charge in [0.05, 0.1) is 18.0 Å². The summed E-state index contributed by atoms with van der Waals surface area (Å²) in [7, 11) is 1.79. The lowest BCUT2D eigenvalue weighted by Crippen LogP contribution is -2.22. The van der Waals surface area contributed by atoms with Gasteiger partial charge < -0.3 is 16.2 Å². The van der Waals surface area contributed by atoms with Crippen LogP contribution in [0.1, 0.15) is 31.4 Å². The highest BCUT2D eigenvalue weighted by atomic mass is 16.5. The zero-order valence-corrected chi connectivity index (χ0v) is 10.2. The van der Waals surface area contributed by atoms with Crippen LogP contribution in [0.15, 0.2) is 6.20 Å². The monoisotopic (exact) mass is 236 g/mol. The van der Waals surface area contributed by atoms with Crippen LogP contribution in [0.4, 0.5) is 11.6 Å². The lowest BCUT2D eigenvalue weighted by molar-refractivity contribution is 0.0567. The Hall–Kier alpha value is -1.36. The van der Waals surface area contributed by atoms with Gasteiger partial charge in [-0.1, -0.05) is 0 Å². The van der Waals surface area contributed by atoms with E-state index in [1.165, 1.54) is 12.8 Å². The molecule has 0 atom stereocenters. The number of rotatable bonds is 3. The van der Waals surface area contributed by atoms with Crippen LogP contribution in [0, 0.1) is 5.92 Å². The van der Waals surface area contributed by atoms with Crippen molar-refractivity contribution >= 4 is 11.6 Å². The predicted octanol–water partition coefficient (Wildman–Crippen LogP) is 1.39. The van der Waals surface area contributed by atoms with E-state index < -0.39 is 0 Å². The Bertz CT molecular complexity index is 375. The second kappa shape index (κ2) is 5.31. The molecule has 0 aliphatic heterocycles. The number of ether oxygens (including phenoxy) is 1. The normalized spacial score (nSPS) is 24.8. The maximum Gasteiger partial charge on any atom is 0.166 e. The number of nitrogen functional groups attached to an aromatic ring is 2. The first-order chi connectivity index (χ1) is 8.19. The summed E-state index contributed by atoms with van der Waals surface area (Å²) < 4.78 is 5.36. The molecule has 0 aromatic carbocycles. The van der Waals surface area contributed by atoms with Crippen LogP contribution in [-0.4, -0.2) is 23.2 Å². The largest absolute Gasteiger partial charge is 0.381 e. The summed E-state index contributed by atoms with van der Waals surface area (Å²) >= 11 is 0. The Morgan fingerprint density at radius 1 is 1.24 bits per heavy atom. The summed E-state index contributed by atoms with van der Waals surface area (Å²) in [5.74, 6) is 1.32. The molecule has 1 aromatic heterocycles. The van der Waals surface area contributed by atoms with E-state index in [4.69, 9.17) is 16.2 Å². The molecular formula is C12H20N4O. The van der Waals surface area contributed by atoms with Gasteiger partial charge in [-0.15, -0.1) is 0 Å². The van der Waals surface area contributed by atoms with E-state index in [-0.39, 0.29) is 0 Å². The average Bonchev–Trinajstić information content (AvgIpc) is 2.35. The number of aromatic nitrogens is 2. The Morgan fingerprint density at radius 2 is 1.94 bits per heavy atom. The molecule has 1 aromatic rings. The summed E-state index contributed by atoms with van der Waals surface area (Å²) in [5.41, 5.74) is 12.1. The van der Waals surface area contributed by atoms with E-state index in [1.807, 2.05) is 0 Å². The van der Waals surface area contributed by atoms with Gasteiger partial charge in [0, 0.05) is 7.11 Å². The Labute approximate surface area is 102 Å². The third kappa shape index (κ3) is 3.06. The summed E-state index contributed by atoms with van der Waals surface area (Å²) in [5, 5.41) is 0. The number of nitrogens with zero attached hydrogens (tertiary/aromatic N) is 2. The van der Waals surface area contributed by atoms with Crippen LogP contribution < -0.4 is 11.5 Å². The van der Waals surface area contributed by atoms with Crippen molar-refractivity contribution in [1.82, 2.24) is 9.97 Å². The molecule has 5 heteroatoms. The van der Waals surface area contributed by atoms with Crippen molar-refractivity contribution in [2.45, 2.75) is 38.2 Å². The van der Waals surface area contributed by atoms with E-state index in [0.29, 0.717) is 23.7 Å². The quantitative estimate of drug-likeness (QED) is 0.828. The molecule has 1 aliphatic carbocycles. The fraction of sp³-hybridized carbons (Fsp3) is 0.667. The average molecular weight is 236 g/mol. The lowest BCUT2D eigenvalue weighted by Gasteiger charge is -2.27. The molecule has 0 spiro atoms. The number of hydrogen-bond donors (Lipinski definition) is 2.